The average Bonchev–Trinajstić information content (AvgIpc) is 2.34. The van der Waals surface area contributed by atoms with Crippen molar-refractivity contribution in [2.24, 2.45) is 0 Å². The van der Waals surface area contributed by atoms with Gasteiger partial charge in [0.2, 0.25) is 0 Å². The maximum absolute atomic E-state index is 11.2. The number of carbonyl (C=O) groups excluding carboxylic acids is 2. The molecule has 1 heterocycles. The molecule has 5 nitrogen and oxygen atoms in total. The third-order valence-corrected chi connectivity index (χ3v) is 1.79. The topological polar surface area (TPSA) is 71.1 Å². The lowest BCUT2D eigenvalue weighted by molar-refractivity contribution is -0.139. The molecular formula is C11H13N3O2. The fourth-order valence-electron chi connectivity index (χ4n) is 1.01. The first-order valence-electron chi connectivity index (χ1n) is 4.80. The molecule has 1 aromatic rings. The predicted molar refractivity (Wildman–Crippen MR) is 59.3 cm³/mol. The summed E-state index contributed by atoms with van der Waals surface area (Å²) in [6.07, 6.45) is 4.77. The fraction of sp³-hybridized carbons (Fsp3) is 0.182. The van der Waals surface area contributed by atoms with Crippen LogP contribution >= 0.6 is 0 Å². The Hall–Kier alpha value is -2.17. The lowest BCUT2D eigenvalue weighted by Gasteiger charge is -2.04. The highest BCUT2D eigenvalue weighted by molar-refractivity contribution is 6.35. The van der Waals surface area contributed by atoms with Crippen LogP contribution in [0.25, 0.3) is 0 Å². The van der Waals surface area contributed by atoms with Gasteiger partial charge in [-0.25, -0.2) is 0 Å². The van der Waals surface area contributed by atoms with Crippen LogP contribution in [-0.4, -0.2) is 23.3 Å². The second-order valence-electron chi connectivity index (χ2n) is 3.04. The maximum atomic E-state index is 11.2. The molecule has 0 atom stereocenters. The molecule has 0 spiro atoms. The van der Waals surface area contributed by atoms with Crippen LogP contribution in [-0.2, 0) is 16.1 Å². The third kappa shape index (κ3) is 3.91. The molecule has 0 aliphatic carbocycles. The Bertz CT molecular complexity index is 376. The molecule has 0 fully saturated rings. The monoisotopic (exact) mass is 219 g/mol. The van der Waals surface area contributed by atoms with E-state index in [2.05, 4.69) is 22.2 Å². The predicted octanol–water partition coefficient (Wildman–Crippen LogP) is -0.000000000000000666. The zero-order chi connectivity index (χ0) is 11.8. The molecule has 84 valence electrons. The minimum absolute atomic E-state index is 0.277. The maximum Gasteiger partial charge on any atom is 0.309 e. The number of carbonyl (C=O) groups is 2. The van der Waals surface area contributed by atoms with Crippen molar-refractivity contribution in [3.8, 4) is 0 Å². The number of hydrogen-bond donors (Lipinski definition) is 2. The molecule has 2 amide bonds. The SMILES string of the molecule is C=CCNC(=O)C(=O)NCc1cccnc1. The van der Waals surface area contributed by atoms with Crippen molar-refractivity contribution in [2.45, 2.75) is 6.54 Å². The molecule has 5 heteroatoms. The Balaban J connectivity index is 2.35. The number of aromatic nitrogens is 1. The zero-order valence-electron chi connectivity index (χ0n) is 8.77. The summed E-state index contributed by atoms with van der Waals surface area (Å²) in [6.45, 7) is 3.99. The van der Waals surface area contributed by atoms with Gasteiger partial charge in [0.1, 0.15) is 0 Å². The van der Waals surface area contributed by atoms with Crippen molar-refractivity contribution >= 4 is 11.8 Å². The molecule has 0 saturated heterocycles. The van der Waals surface area contributed by atoms with Crippen LogP contribution in [0.1, 0.15) is 5.56 Å². The normalized spacial score (nSPS) is 9.25. The molecule has 16 heavy (non-hydrogen) atoms. The molecule has 0 aliphatic heterocycles. The van der Waals surface area contributed by atoms with Crippen molar-refractivity contribution in [2.75, 3.05) is 6.54 Å². The first kappa shape index (κ1) is 11.9. The summed E-state index contributed by atoms with van der Waals surface area (Å²) in [5.74, 6) is -1.32. The Morgan fingerprint density at radius 1 is 1.38 bits per heavy atom. The average molecular weight is 219 g/mol. The standard InChI is InChI=1S/C11H13N3O2/c1-2-5-13-10(15)11(16)14-8-9-4-3-6-12-7-9/h2-4,6-7H,1,5,8H2,(H,13,15)(H,14,16). The summed E-state index contributed by atoms with van der Waals surface area (Å²) in [5.41, 5.74) is 0.840. The van der Waals surface area contributed by atoms with Gasteiger partial charge in [-0.1, -0.05) is 12.1 Å². The minimum atomic E-state index is -0.663. The van der Waals surface area contributed by atoms with Crippen LogP contribution in [0.2, 0.25) is 0 Å². The summed E-state index contributed by atoms with van der Waals surface area (Å²) in [7, 11) is 0. The van der Waals surface area contributed by atoms with Gasteiger partial charge in [0.05, 0.1) is 0 Å². The van der Waals surface area contributed by atoms with E-state index in [4.69, 9.17) is 0 Å². The second-order valence-corrected chi connectivity index (χ2v) is 3.04. The van der Waals surface area contributed by atoms with Gasteiger partial charge in [-0.3, -0.25) is 14.6 Å². The molecule has 0 bridgehead atoms. The van der Waals surface area contributed by atoms with E-state index in [9.17, 15) is 9.59 Å². The molecule has 1 rings (SSSR count). The van der Waals surface area contributed by atoms with E-state index in [0.717, 1.165) is 5.56 Å². The van der Waals surface area contributed by atoms with Crippen molar-refractivity contribution in [3.05, 3.63) is 42.7 Å². The number of nitrogens with one attached hydrogen (secondary N) is 2. The second kappa shape index (κ2) is 6.34. The largest absolute Gasteiger partial charge is 0.344 e. The Labute approximate surface area is 93.6 Å². The first-order chi connectivity index (χ1) is 7.74. The Morgan fingerprint density at radius 2 is 2.12 bits per heavy atom. The van der Waals surface area contributed by atoms with E-state index < -0.39 is 11.8 Å². The van der Waals surface area contributed by atoms with Gasteiger partial charge in [-0.2, -0.15) is 0 Å². The number of hydrogen-bond acceptors (Lipinski definition) is 3. The summed E-state index contributed by atoms with van der Waals surface area (Å²) >= 11 is 0. The molecule has 1 aromatic heterocycles. The Morgan fingerprint density at radius 3 is 2.75 bits per heavy atom. The van der Waals surface area contributed by atoms with Gasteiger partial charge < -0.3 is 10.6 Å². The van der Waals surface area contributed by atoms with Crippen LogP contribution in [0.5, 0.6) is 0 Å². The van der Waals surface area contributed by atoms with Crippen LogP contribution in [0.4, 0.5) is 0 Å². The molecular weight excluding hydrogens is 206 g/mol. The lowest BCUT2D eigenvalue weighted by atomic mass is 10.3. The van der Waals surface area contributed by atoms with Crippen molar-refractivity contribution in [1.82, 2.24) is 15.6 Å². The van der Waals surface area contributed by atoms with Crippen molar-refractivity contribution in [1.29, 1.82) is 0 Å². The van der Waals surface area contributed by atoms with E-state index in [0.29, 0.717) is 0 Å². The van der Waals surface area contributed by atoms with Crippen LogP contribution < -0.4 is 10.6 Å². The molecule has 0 aliphatic rings. The van der Waals surface area contributed by atoms with Gasteiger partial charge in [-0.05, 0) is 11.6 Å². The molecule has 0 aromatic carbocycles. The summed E-state index contributed by atoms with van der Waals surface area (Å²) in [5, 5.41) is 4.87. The van der Waals surface area contributed by atoms with Crippen LogP contribution in [0.3, 0.4) is 0 Å². The summed E-state index contributed by atoms with van der Waals surface area (Å²) < 4.78 is 0. The van der Waals surface area contributed by atoms with E-state index in [1.807, 2.05) is 6.07 Å². The summed E-state index contributed by atoms with van der Waals surface area (Å²) in [6, 6.07) is 3.58. The summed E-state index contributed by atoms with van der Waals surface area (Å²) in [4.78, 5) is 26.3. The number of pyridine rings is 1. The highest BCUT2D eigenvalue weighted by Crippen LogP contribution is 1.93. The van der Waals surface area contributed by atoms with Gasteiger partial charge in [0.25, 0.3) is 0 Å². The van der Waals surface area contributed by atoms with Gasteiger partial charge in [-0.15, -0.1) is 6.58 Å². The van der Waals surface area contributed by atoms with Crippen LogP contribution in [0, 0.1) is 0 Å². The highest BCUT2D eigenvalue weighted by atomic mass is 16.2. The number of amides is 2. The molecule has 0 saturated carbocycles. The number of rotatable bonds is 4. The number of nitrogens with zero attached hydrogens (tertiary/aromatic N) is 1. The van der Waals surface area contributed by atoms with E-state index in [-0.39, 0.29) is 13.1 Å². The van der Waals surface area contributed by atoms with Crippen molar-refractivity contribution < 1.29 is 9.59 Å². The third-order valence-electron chi connectivity index (χ3n) is 1.79. The minimum Gasteiger partial charge on any atom is -0.344 e. The highest BCUT2D eigenvalue weighted by Gasteiger charge is 2.11. The van der Waals surface area contributed by atoms with Crippen LogP contribution in [0.15, 0.2) is 37.2 Å². The molecule has 2 N–H and O–H groups in total. The van der Waals surface area contributed by atoms with E-state index >= 15 is 0 Å². The lowest BCUT2D eigenvalue weighted by Crippen LogP contribution is -2.39. The smallest absolute Gasteiger partial charge is 0.309 e. The van der Waals surface area contributed by atoms with Crippen molar-refractivity contribution in [3.63, 3.8) is 0 Å². The van der Waals surface area contributed by atoms with Gasteiger partial charge in [0.15, 0.2) is 0 Å². The molecule has 0 unspecified atom stereocenters. The fourth-order valence-corrected chi connectivity index (χ4v) is 1.01. The van der Waals surface area contributed by atoms with Gasteiger partial charge in [0, 0.05) is 25.5 Å². The van der Waals surface area contributed by atoms with E-state index in [1.54, 1.807) is 18.5 Å². The Kier molecular flexibility index (Phi) is 4.72. The first-order valence-corrected chi connectivity index (χ1v) is 4.80. The zero-order valence-corrected chi connectivity index (χ0v) is 8.77. The van der Waals surface area contributed by atoms with E-state index in [1.165, 1.54) is 6.08 Å². The quantitative estimate of drug-likeness (QED) is 0.553. The van der Waals surface area contributed by atoms with Gasteiger partial charge >= 0.3 is 11.8 Å². The molecule has 0 radical (unpaired) electrons.